The predicted molar refractivity (Wildman–Crippen MR) is 90.9 cm³/mol. The van der Waals surface area contributed by atoms with Gasteiger partial charge in [-0.1, -0.05) is 22.9 Å². The first-order valence-electron chi connectivity index (χ1n) is 6.62. The van der Waals surface area contributed by atoms with Crippen LogP contribution in [0, 0.1) is 0 Å². The first kappa shape index (κ1) is 14.6. The SMILES string of the molecule is CCNC(c1ccc(Br)s1)c1cc(Br)cc2c1OCC2. The molecule has 1 aliphatic heterocycles. The van der Waals surface area contributed by atoms with Crippen molar-refractivity contribution in [2.45, 2.75) is 19.4 Å². The molecule has 0 bridgehead atoms. The minimum absolute atomic E-state index is 0.181. The van der Waals surface area contributed by atoms with Crippen LogP contribution in [0.5, 0.6) is 5.75 Å². The Hall–Kier alpha value is -0.360. The van der Waals surface area contributed by atoms with Crippen molar-refractivity contribution in [3.8, 4) is 5.75 Å². The highest BCUT2D eigenvalue weighted by Crippen LogP contribution is 2.40. The summed E-state index contributed by atoms with van der Waals surface area (Å²) < 4.78 is 8.15. The largest absolute Gasteiger partial charge is 0.493 e. The van der Waals surface area contributed by atoms with E-state index in [1.54, 1.807) is 11.3 Å². The van der Waals surface area contributed by atoms with E-state index in [1.165, 1.54) is 16.0 Å². The summed E-state index contributed by atoms with van der Waals surface area (Å²) in [6.45, 7) is 3.84. The van der Waals surface area contributed by atoms with E-state index in [0.29, 0.717) is 0 Å². The average molecular weight is 417 g/mol. The molecule has 20 heavy (non-hydrogen) atoms. The van der Waals surface area contributed by atoms with Gasteiger partial charge in [-0.2, -0.15) is 0 Å². The molecule has 0 fully saturated rings. The second-order valence-corrected chi connectivity index (χ2v) is 8.12. The second kappa shape index (κ2) is 6.18. The number of hydrogen-bond donors (Lipinski definition) is 1. The van der Waals surface area contributed by atoms with E-state index in [1.807, 2.05) is 0 Å². The van der Waals surface area contributed by atoms with Crippen LogP contribution in [0.25, 0.3) is 0 Å². The molecule has 1 N–H and O–H groups in total. The van der Waals surface area contributed by atoms with Crippen molar-refractivity contribution in [2.75, 3.05) is 13.2 Å². The molecule has 0 saturated heterocycles. The zero-order chi connectivity index (χ0) is 14.1. The number of fused-ring (bicyclic) bond motifs is 1. The van der Waals surface area contributed by atoms with Crippen molar-refractivity contribution in [1.29, 1.82) is 0 Å². The molecule has 3 rings (SSSR count). The van der Waals surface area contributed by atoms with Gasteiger partial charge in [0.05, 0.1) is 16.4 Å². The highest BCUT2D eigenvalue weighted by atomic mass is 79.9. The van der Waals surface area contributed by atoms with E-state index < -0.39 is 0 Å². The van der Waals surface area contributed by atoms with Gasteiger partial charge in [0.15, 0.2) is 0 Å². The van der Waals surface area contributed by atoms with Crippen LogP contribution in [0.15, 0.2) is 32.5 Å². The summed E-state index contributed by atoms with van der Waals surface area (Å²) in [5.41, 5.74) is 2.52. The third kappa shape index (κ3) is 2.82. The standard InChI is InChI=1S/C15H15Br2NOS/c1-2-18-14(12-3-4-13(17)20-12)11-8-10(16)7-9-5-6-19-15(9)11/h3-4,7-8,14,18H,2,5-6H2,1H3. The third-order valence-corrected chi connectivity index (χ3v) is 5.52. The quantitative estimate of drug-likeness (QED) is 0.764. The Morgan fingerprint density at radius 2 is 2.20 bits per heavy atom. The van der Waals surface area contributed by atoms with Gasteiger partial charge in [0, 0.05) is 21.3 Å². The van der Waals surface area contributed by atoms with Gasteiger partial charge in [0.1, 0.15) is 5.75 Å². The smallest absolute Gasteiger partial charge is 0.127 e. The van der Waals surface area contributed by atoms with Crippen LogP contribution >= 0.6 is 43.2 Å². The van der Waals surface area contributed by atoms with Gasteiger partial charge in [0.25, 0.3) is 0 Å². The molecule has 0 amide bonds. The third-order valence-electron chi connectivity index (χ3n) is 3.37. The predicted octanol–water partition coefficient (Wildman–Crippen LogP) is 4.91. The second-order valence-electron chi connectivity index (χ2n) is 4.71. The summed E-state index contributed by atoms with van der Waals surface area (Å²) in [6.07, 6.45) is 0.995. The van der Waals surface area contributed by atoms with Crippen LogP contribution in [0.4, 0.5) is 0 Å². The summed E-state index contributed by atoms with van der Waals surface area (Å²) in [6, 6.07) is 8.79. The lowest BCUT2D eigenvalue weighted by atomic mass is 10.0. The number of rotatable bonds is 4. The van der Waals surface area contributed by atoms with E-state index in [2.05, 4.69) is 68.4 Å². The number of hydrogen-bond acceptors (Lipinski definition) is 3. The summed E-state index contributed by atoms with van der Waals surface area (Å²) in [7, 11) is 0. The van der Waals surface area contributed by atoms with E-state index in [0.717, 1.165) is 33.6 Å². The van der Waals surface area contributed by atoms with E-state index >= 15 is 0 Å². The van der Waals surface area contributed by atoms with Crippen LogP contribution in [0.3, 0.4) is 0 Å². The van der Waals surface area contributed by atoms with Gasteiger partial charge in [-0.3, -0.25) is 0 Å². The Morgan fingerprint density at radius 1 is 1.35 bits per heavy atom. The van der Waals surface area contributed by atoms with Crippen LogP contribution in [0.1, 0.15) is 29.0 Å². The molecule has 0 saturated carbocycles. The van der Waals surface area contributed by atoms with Gasteiger partial charge in [0.2, 0.25) is 0 Å². The zero-order valence-corrected chi connectivity index (χ0v) is 15.1. The minimum atomic E-state index is 0.181. The molecule has 1 aliphatic rings. The van der Waals surface area contributed by atoms with Crippen molar-refractivity contribution in [1.82, 2.24) is 5.32 Å². The normalized spacial score (nSPS) is 14.9. The molecular weight excluding hydrogens is 402 g/mol. The monoisotopic (exact) mass is 415 g/mol. The molecule has 2 nitrogen and oxygen atoms in total. The van der Waals surface area contributed by atoms with Crippen molar-refractivity contribution >= 4 is 43.2 Å². The topological polar surface area (TPSA) is 21.3 Å². The van der Waals surface area contributed by atoms with Gasteiger partial charge in [-0.15, -0.1) is 11.3 Å². The first-order chi connectivity index (χ1) is 9.69. The number of halogens is 2. The van der Waals surface area contributed by atoms with Crippen LogP contribution in [-0.4, -0.2) is 13.2 Å². The fourth-order valence-electron chi connectivity index (χ4n) is 2.56. The molecule has 5 heteroatoms. The molecular formula is C15H15Br2NOS. The van der Waals surface area contributed by atoms with E-state index in [9.17, 15) is 0 Å². The molecule has 106 valence electrons. The maximum atomic E-state index is 5.87. The Labute approximate surface area is 139 Å². The van der Waals surface area contributed by atoms with Gasteiger partial charge in [-0.25, -0.2) is 0 Å². The van der Waals surface area contributed by atoms with E-state index in [-0.39, 0.29) is 6.04 Å². The Balaban J connectivity index is 2.08. The lowest BCUT2D eigenvalue weighted by Gasteiger charge is -2.20. The maximum absolute atomic E-state index is 5.87. The highest BCUT2D eigenvalue weighted by Gasteiger charge is 2.24. The summed E-state index contributed by atoms with van der Waals surface area (Å²) in [5, 5.41) is 3.57. The Bertz CT molecular complexity index is 626. The summed E-state index contributed by atoms with van der Waals surface area (Å²) >= 11 is 8.94. The molecule has 1 aromatic heterocycles. The maximum Gasteiger partial charge on any atom is 0.127 e. The molecule has 1 atom stereocenters. The number of benzene rings is 1. The number of nitrogens with one attached hydrogen (secondary N) is 1. The van der Waals surface area contributed by atoms with Crippen molar-refractivity contribution in [3.63, 3.8) is 0 Å². The molecule has 0 radical (unpaired) electrons. The molecule has 2 heterocycles. The van der Waals surface area contributed by atoms with Gasteiger partial charge < -0.3 is 10.1 Å². The molecule has 1 aromatic carbocycles. The number of ether oxygens (including phenoxy) is 1. The molecule has 1 unspecified atom stereocenters. The lowest BCUT2D eigenvalue weighted by molar-refractivity contribution is 0.350. The molecule has 0 spiro atoms. The van der Waals surface area contributed by atoms with Gasteiger partial charge >= 0.3 is 0 Å². The average Bonchev–Trinajstić information content (AvgIpc) is 3.03. The zero-order valence-electron chi connectivity index (χ0n) is 11.1. The highest BCUT2D eigenvalue weighted by molar-refractivity contribution is 9.11. The Morgan fingerprint density at radius 3 is 2.90 bits per heavy atom. The fourth-order valence-corrected chi connectivity index (χ4v) is 4.61. The molecule has 0 aliphatic carbocycles. The summed E-state index contributed by atoms with van der Waals surface area (Å²) in [5.74, 6) is 1.06. The van der Waals surface area contributed by atoms with Crippen LogP contribution in [0.2, 0.25) is 0 Å². The van der Waals surface area contributed by atoms with Crippen LogP contribution in [-0.2, 0) is 6.42 Å². The fraction of sp³-hybridized carbons (Fsp3) is 0.333. The molecule has 2 aromatic rings. The van der Waals surface area contributed by atoms with Crippen molar-refractivity contribution < 1.29 is 4.74 Å². The number of thiophene rings is 1. The lowest BCUT2D eigenvalue weighted by Crippen LogP contribution is -2.21. The van der Waals surface area contributed by atoms with E-state index in [4.69, 9.17) is 4.74 Å². The van der Waals surface area contributed by atoms with Crippen molar-refractivity contribution in [2.24, 2.45) is 0 Å². The Kier molecular flexibility index (Phi) is 4.50. The van der Waals surface area contributed by atoms with Crippen LogP contribution < -0.4 is 10.1 Å². The van der Waals surface area contributed by atoms with Gasteiger partial charge in [-0.05, 0) is 52.3 Å². The summed E-state index contributed by atoms with van der Waals surface area (Å²) in [4.78, 5) is 1.30. The minimum Gasteiger partial charge on any atom is -0.493 e. The van der Waals surface area contributed by atoms with Crippen molar-refractivity contribution in [3.05, 3.63) is 48.5 Å². The first-order valence-corrected chi connectivity index (χ1v) is 9.03.